The predicted molar refractivity (Wildman–Crippen MR) is 46.3 cm³/mol. The zero-order valence-corrected chi connectivity index (χ0v) is 7.47. The fourth-order valence-electron chi connectivity index (χ4n) is 0.841. The summed E-state index contributed by atoms with van der Waals surface area (Å²) >= 11 is 1.47. The topological polar surface area (TPSA) is 62.2 Å². The standard InChI is InChI=1S/C7H10N2O2S/c1-8-5(7(10)11)4-6-9-2-3-12-6/h2-3,5,8H,4H2,1H3,(H,10,11)/t5-/m0/s1. The van der Waals surface area contributed by atoms with Crippen molar-refractivity contribution >= 4 is 17.3 Å². The van der Waals surface area contributed by atoms with Crippen molar-refractivity contribution in [2.45, 2.75) is 12.5 Å². The molecule has 1 atom stereocenters. The second-order valence-corrected chi connectivity index (χ2v) is 3.29. The van der Waals surface area contributed by atoms with E-state index in [2.05, 4.69) is 10.3 Å². The molecule has 4 nitrogen and oxygen atoms in total. The average molecular weight is 186 g/mol. The summed E-state index contributed by atoms with van der Waals surface area (Å²) < 4.78 is 0. The highest BCUT2D eigenvalue weighted by atomic mass is 32.1. The van der Waals surface area contributed by atoms with E-state index in [1.165, 1.54) is 11.3 Å². The van der Waals surface area contributed by atoms with E-state index in [4.69, 9.17) is 5.11 Å². The lowest BCUT2D eigenvalue weighted by molar-refractivity contribution is -0.139. The summed E-state index contributed by atoms with van der Waals surface area (Å²) in [6, 6.07) is -0.531. The van der Waals surface area contributed by atoms with Crippen LogP contribution in [0.4, 0.5) is 0 Å². The summed E-state index contributed by atoms with van der Waals surface area (Å²) in [5.74, 6) is -0.840. The molecule has 0 amide bonds. The largest absolute Gasteiger partial charge is 0.480 e. The number of aromatic nitrogens is 1. The molecule has 0 aliphatic heterocycles. The van der Waals surface area contributed by atoms with Crippen LogP contribution in [0.2, 0.25) is 0 Å². The second kappa shape index (κ2) is 4.18. The maximum absolute atomic E-state index is 10.6. The van der Waals surface area contributed by atoms with Crippen LogP contribution in [0.15, 0.2) is 11.6 Å². The molecule has 0 aromatic carbocycles. The molecule has 5 heteroatoms. The van der Waals surface area contributed by atoms with Gasteiger partial charge in [0.2, 0.25) is 0 Å². The van der Waals surface area contributed by atoms with Gasteiger partial charge in [0.25, 0.3) is 0 Å². The van der Waals surface area contributed by atoms with Gasteiger partial charge in [0.15, 0.2) is 0 Å². The molecule has 1 aromatic heterocycles. The number of rotatable bonds is 4. The molecular weight excluding hydrogens is 176 g/mol. The van der Waals surface area contributed by atoms with Gasteiger partial charge >= 0.3 is 5.97 Å². The zero-order valence-electron chi connectivity index (χ0n) is 6.65. The van der Waals surface area contributed by atoms with Crippen molar-refractivity contribution in [3.8, 4) is 0 Å². The Kier molecular flexibility index (Phi) is 3.19. The quantitative estimate of drug-likeness (QED) is 0.712. The first kappa shape index (κ1) is 9.15. The highest BCUT2D eigenvalue weighted by Gasteiger charge is 2.15. The molecule has 1 heterocycles. The van der Waals surface area contributed by atoms with Gasteiger partial charge in [-0.05, 0) is 7.05 Å². The van der Waals surface area contributed by atoms with Crippen LogP contribution in [0, 0.1) is 0 Å². The molecule has 0 saturated carbocycles. The summed E-state index contributed by atoms with van der Waals surface area (Å²) in [6.45, 7) is 0. The van der Waals surface area contributed by atoms with E-state index >= 15 is 0 Å². The molecule has 66 valence electrons. The number of aliphatic carboxylic acids is 1. The Morgan fingerprint density at radius 3 is 3.08 bits per heavy atom. The minimum absolute atomic E-state index is 0.448. The number of thiazole rings is 1. The number of carbonyl (C=O) groups is 1. The summed E-state index contributed by atoms with van der Waals surface area (Å²) in [5, 5.41) is 14.1. The van der Waals surface area contributed by atoms with Crippen LogP contribution < -0.4 is 5.32 Å². The highest BCUT2D eigenvalue weighted by molar-refractivity contribution is 7.09. The van der Waals surface area contributed by atoms with Crippen molar-refractivity contribution in [1.82, 2.24) is 10.3 Å². The Morgan fingerprint density at radius 1 is 1.92 bits per heavy atom. The molecule has 0 aliphatic carbocycles. The van der Waals surface area contributed by atoms with Crippen LogP contribution in [0.1, 0.15) is 5.01 Å². The lowest BCUT2D eigenvalue weighted by Gasteiger charge is -2.07. The van der Waals surface area contributed by atoms with E-state index in [9.17, 15) is 4.79 Å². The summed E-state index contributed by atoms with van der Waals surface area (Å²) in [7, 11) is 1.63. The van der Waals surface area contributed by atoms with Gasteiger partial charge in [-0.3, -0.25) is 4.79 Å². The molecule has 2 N–H and O–H groups in total. The van der Waals surface area contributed by atoms with Crippen molar-refractivity contribution in [2.75, 3.05) is 7.05 Å². The third-order valence-electron chi connectivity index (χ3n) is 1.51. The molecule has 0 fully saturated rings. The van der Waals surface area contributed by atoms with Crippen LogP contribution in [-0.4, -0.2) is 29.1 Å². The van der Waals surface area contributed by atoms with Crippen LogP contribution in [0.25, 0.3) is 0 Å². The Morgan fingerprint density at radius 2 is 2.67 bits per heavy atom. The lowest BCUT2D eigenvalue weighted by Crippen LogP contribution is -2.35. The molecule has 0 bridgehead atoms. The van der Waals surface area contributed by atoms with E-state index in [-0.39, 0.29) is 0 Å². The molecule has 0 saturated heterocycles. The SMILES string of the molecule is CN[C@@H](Cc1nccs1)C(=O)O. The first-order valence-electron chi connectivity index (χ1n) is 3.52. The van der Waals surface area contributed by atoms with Crippen molar-refractivity contribution in [1.29, 1.82) is 0 Å². The predicted octanol–water partition coefficient (Wildman–Crippen LogP) is 0.358. The maximum Gasteiger partial charge on any atom is 0.321 e. The van der Waals surface area contributed by atoms with Gasteiger partial charge in [-0.15, -0.1) is 11.3 Å². The van der Waals surface area contributed by atoms with Crippen molar-refractivity contribution < 1.29 is 9.90 Å². The van der Waals surface area contributed by atoms with Gasteiger partial charge < -0.3 is 10.4 Å². The third kappa shape index (κ3) is 2.28. The Hall–Kier alpha value is -0.940. The van der Waals surface area contributed by atoms with Gasteiger partial charge in [0.05, 0.1) is 5.01 Å². The third-order valence-corrected chi connectivity index (χ3v) is 2.31. The molecule has 0 radical (unpaired) electrons. The van der Waals surface area contributed by atoms with Gasteiger partial charge in [-0.25, -0.2) is 4.98 Å². The van der Waals surface area contributed by atoms with E-state index < -0.39 is 12.0 Å². The average Bonchev–Trinajstić information content (AvgIpc) is 2.51. The summed E-state index contributed by atoms with van der Waals surface area (Å²) in [5.41, 5.74) is 0. The van der Waals surface area contributed by atoms with Gasteiger partial charge in [0.1, 0.15) is 6.04 Å². The van der Waals surface area contributed by atoms with Gasteiger partial charge in [-0.1, -0.05) is 0 Å². The Bertz CT molecular complexity index is 248. The molecule has 12 heavy (non-hydrogen) atoms. The van der Waals surface area contributed by atoms with Crippen LogP contribution in [0.3, 0.4) is 0 Å². The molecular formula is C7H10N2O2S. The number of hydrogen-bond donors (Lipinski definition) is 2. The van der Waals surface area contributed by atoms with Gasteiger partial charge in [-0.2, -0.15) is 0 Å². The number of nitrogens with one attached hydrogen (secondary N) is 1. The zero-order chi connectivity index (χ0) is 8.97. The number of carboxylic acid groups (broad SMARTS) is 1. The highest BCUT2D eigenvalue weighted by Crippen LogP contribution is 2.06. The molecule has 0 unspecified atom stereocenters. The van der Waals surface area contributed by atoms with Crippen LogP contribution >= 0.6 is 11.3 Å². The lowest BCUT2D eigenvalue weighted by atomic mass is 10.2. The fraction of sp³-hybridized carbons (Fsp3) is 0.429. The van der Waals surface area contributed by atoms with Crippen molar-refractivity contribution in [3.05, 3.63) is 16.6 Å². The van der Waals surface area contributed by atoms with Crippen LogP contribution in [0.5, 0.6) is 0 Å². The molecule has 1 aromatic rings. The fourth-order valence-corrected chi connectivity index (χ4v) is 1.50. The number of carboxylic acids is 1. The molecule has 1 rings (SSSR count). The minimum atomic E-state index is -0.840. The monoisotopic (exact) mass is 186 g/mol. The molecule has 0 spiro atoms. The number of nitrogens with zero attached hydrogens (tertiary/aromatic N) is 1. The first-order chi connectivity index (χ1) is 5.74. The van der Waals surface area contributed by atoms with Crippen LogP contribution in [-0.2, 0) is 11.2 Å². The first-order valence-corrected chi connectivity index (χ1v) is 4.40. The smallest absolute Gasteiger partial charge is 0.321 e. The molecule has 0 aliphatic rings. The van der Waals surface area contributed by atoms with Crippen molar-refractivity contribution in [3.63, 3.8) is 0 Å². The number of hydrogen-bond acceptors (Lipinski definition) is 4. The van der Waals surface area contributed by atoms with Crippen molar-refractivity contribution in [2.24, 2.45) is 0 Å². The second-order valence-electron chi connectivity index (χ2n) is 2.31. The van der Waals surface area contributed by atoms with E-state index in [0.717, 1.165) is 5.01 Å². The summed E-state index contributed by atoms with van der Waals surface area (Å²) in [4.78, 5) is 14.6. The van der Waals surface area contributed by atoms with E-state index in [0.29, 0.717) is 6.42 Å². The normalized spacial score (nSPS) is 12.8. The number of likely N-dealkylation sites (N-methyl/N-ethyl adjacent to an activating group) is 1. The maximum atomic E-state index is 10.6. The Balaban J connectivity index is 2.54. The van der Waals surface area contributed by atoms with Gasteiger partial charge in [0, 0.05) is 18.0 Å². The Labute approximate surface area is 74.3 Å². The minimum Gasteiger partial charge on any atom is -0.480 e. The summed E-state index contributed by atoms with van der Waals surface area (Å²) in [6.07, 6.45) is 2.12. The van der Waals surface area contributed by atoms with E-state index in [1.807, 2.05) is 5.38 Å². The van der Waals surface area contributed by atoms with E-state index in [1.54, 1.807) is 13.2 Å².